The number of nitrogens with zero attached hydrogens (tertiary/aromatic N) is 1. The number of phenols is 1. The number of nitrogens with one attached hydrogen (secondary N) is 1. The van der Waals surface area contributed by atoms with Crippen molar-refractivity contribution in [2.24, 2.45) is 0 Å². The molecule has 6 nitrogen and oxygen atoms in total. The summed E-state index contributed by atoms with van der Waals surface area (Å²) < 4.78 is 5.21. The van der Waals surface area contributed by atoms with E-state index in [1.807, 2.05) is 36.4 Å². The van der Waals surface area contributed by atoms with Crippen molar-refractivity contribution in [3.05, 3.63) is 102 Å². The summed E-state index contributed by atoms with van der Waals surface area (Å²) in [4.78, 5) is 28.8. The fraction of sp³-hybridized carbons (Fsp3) is 0.310. The lowest BCUT2D eigenvalue weighted by atomic mass is 10.0. The molecule has 2 aromatic carbocycles. The van der Waals surface area contributed by atoms with Crippen molar-refractivity contribution in [3.63, 3.8) is 0 Å². The van der Waals surface area contributed by atoms with Gasteiger partial charge in [0.25, 0.3) is 0 Å². The first-order chi connectivity index (χ1) is 17.0. The Morgan fingerprint density at radius 1 is 1.11 bits per heavy atom. The third-order valence-electron chi connectivity index (χ3n) is 5.99. The van der Waals surface area contributed by atoms with E-state index in [4.69, 9.17) is 4.74 Å². The van der Waals surface area contributed by atoms with Gasteiger partial charge >= 0.3 is 0 Å². The number of aromatic hydroxyl groups is 1. The molecule has 184 valence electrons. The van der Waals surface area contributed by atoms with Crippen molar-refractivity contribution in [1.29, 1.82) is 0 Å². The van der Waals surface area contributed by atoms with Crippen LogP contribution in [-0.2, 0) is 27.4 Å². The van der Waals surface area contributed by atoms with Crippen molar-refractivity contribution in [2.45, 2.75) is 44.4 Å². The van der Waals surface area contributed by atoms with Crippen LogP contribution in [0.25, 0.3) is 0 Å². The number of ether oxygens (including phenoxy) is 1. The maximum atomic E-state index is 13.5. The highest BCUT2D eigenvalue weighted by atomic mass is 16.5. The topological polar surface area (TPSA) is 78.9 Å². The van der Waals surface area contributed by atoms with Crippen LogP contribution in [0, 0.1) is 0 Å². The van der Waals surface area contributed by atoms with Crippen LogP contribution in [0.4, 0.5) is 0 Å². The van der Waals surface area contributed by atoms with Gasteiger partial charge in [-0.05, 0) is 53.7 Å². The zero-order chi connectivity index (χ0) is 25.2. The van der Waals surface area contributed by atoms with Crippen molar-refractivity contribution < 1.29 is 19.4 Å². The second kappa shape index (κ2) is 12.7. The Balaban J connectivity index is 1.84. The first-order valence-electron chi connectivity index (χ1n) is 11.9. The summed E-state index contributed by atoms with van der Waals surface area (Å²) in [5.41, 5.74) is 3.55. The van der Waals surface area contributed by atoms with Gasteiger partial charge in [0.05, 0.1) is 6.61 Å². The van der Waals surface area contributed by atoms with Gasteiger partial charge < -0.3 is 20.1 Å². The first kappa shape index (κ1) is 26.0. The number of carbonyl (C=O) groups excluding carboxylic acids is 2. The van der Waals surface area contributed by atoms with Crippen molar-refractivity contribution >= 4 is 11.8 Å². The van der Waals surface area contributed by atoms with Gasteiger partial charge in [-0.15, -0.1) is 0 Å². The smallest absolute Gasteiger partial charge is 0.247 e. The number of carbonyl (C=O) groups is 2. The highest BCUT2D eigenvalue weighted by molar-refractivity contribution is 5.89. The second-order valence-electron chi connectivity index (χ2n) is 8.67. The third-order valence-corrected chi connectivity index (χ3v) is 5.99. The van der Waals surface area contributed by atoms with Crippen molar-refractivity contribution in [1.82, 2.24) is 10.2 Å². The van der Waals surface area contributed by atoms with Crippen LogP contribution in [0.1, 0.15) is 42.0 Å². The Labute approximate surface area is 207 Å². The summed E-state index contributed by atoms with van der Waals surface area (Å²) in [5, 5.41) is 12.5. The number of rotatable bonds is 13. The van der Waals surface area contributed by atoms with Crippen LogP contribution in [0.5, 0.6) is 5.75 Å². The molecule has 0 bridgehead atoms. The Kier molecular flexibility index (Phi) is 9.44. The lowest BCUT2D eigenvalue weighted by Crippen LogP contribution is -2.45. The number of phenolic OH excluding ortho intramolecular Hbond substituents is 1. The lowest BCUT2D eigenvalue weighted by molar-refractivity contribution is -0.141. The van der Waals surface area contributed by atoms with Gasteiger partial charge in [-0.1, -0.05) is 67.8 Å². The molecule has 0 radical (unpaired) electrons. The monoisotopic (exact) mass is 474 g/mol. The SMILES string of the molecule is C=C/C=C(\C=C)CNC(=O)C(c1ccc(COC)cc1)N(C(=O)CCc1ccc(O)cc1)C1CC1. The molecular formula is C29H34N2O4. The Morgan fingerprint density at radius 2 is 1.77 bits per heavy atom. The molecule has 0 heterocycles. The number of hydrogen-bond donors (Lipinski definition) is 2. The molecule has 0 saturated heterocycles. The Morgan fingerprint density at radius 3 is 2.34 bits per heavy atom. The third kappa shape index (κ3) is 7.42. The molecule has 0 spiro atoms. The van der Waals surface area contributed by atoms with E-state index in [2.05, 4.69) is 18.5 Å². The molecular weight excluding hydrogens is 440 g/mol. The molecule has 6 heteroatoms. The average Bonchev–Trinajstić information content (AvgIpc) is 3.70. The van der Waals surface area contributed by atoms with Gasteiger partial charge in [-0.2, -0.15) is 0 Å². The van der Waals surface area contributed by atoms with E-state index < -0.39 is 6.04 Å². The summed E-state index contributed by atoms with van der Waals surface area (Å²) in [7, 11) is 1.64. The van der Waals surface area contributed by atoms with E-state index in [0.29, 0.717) is 19.6 Å². The zero-order valence-corrected chi connectivity index (χ0v) is 20.3. The predicted octanol–water partition coefficient (Wildman–Crippen LogP) is 4.62. The number of aryl methyl sites for hydroxylation is 1. The Hall–Kier alpha value is -3.64. The normalized spacial score (nSPS) is 14.1. The van der Waals surface area contributed by atoms with Gasteiger partial charge in [0.15, 0.2) is 0 Å². The molecule has 1 aliphatic carbocycles. The minimum absolute atomic E-state index is 0.0410. The zero-order valence-electron chi connectivity index (χ0n) is 20.3. The van der Waals surface area contributed by atoms with Crippen molar-refractivity contribution in [2.75, 3.05) is 13.7 Å². The molecule has 2 aromatic rings. The van der Waals surface area contributed by atoms with Gasteiger partial charge in [0, 0.05) is 26.1 Å². The fourth-order valence-corrected chi connectivity index (χ4v) is 3.99. The highest BCUT2D eigenvalue weighted by Crippen LogP contribution is 2.36. The van der Waals surface area contributed by atoms with Gasteiger partial charge in [0.2, 0.25) is 11.8 Å². The van der Waals surface area contributed by atoms with Crippen LogP contribution < -0.4 is 5.32 Å². The number of methoxy groups -OCH3 is 1. The average molecular weight is 475 g/mol. The molecule has 0 aromatic heterocycles. The Bertz CT molecular complexity index is 1050. The van der Waals surface area contributed by atoms with Gasteiger partial charge in [0.1, 0.15) is 11.8 Å². The van der Waals surface area contributed by atoms with Crippen LogP contribution in [0.3, 0.4) is 0 Å². The van der Waals surface area contributed by atoms with Crippen LogP contribution in [-0.4, -0.2) is 41.5 Å². The summed E-state index contributed by atoms with van der Waals surface area (Å²) in [5.74, 6) is -0.101. The minimum Gasteiger partial charge on any atom is -0.508 e. The molecule has 3 rings (SSSR count). The van der Waals surface area contributed by atoms with E-state index >= 15 is 0 Å². The molecule has 2 N–H and O–H groups in total. The minimum atomic E-state index is -0.735. The van der Waals surface area contributed by atoms with Gasteiger partial charge in [-0.3, -0.25) is 9.59 Å². The van der Waals surface area contributed by atoms with Gasteiger partial charge in [-0.25, -0.2) is 0 Å². The molecule has 1 aliphatic rings. The quantitative estimate of drug-likeness (QED) is 0.415. The van der Waals surface area contributed by atoms with E-state index in [1.54, 1.807) is 42.4 Å². The number of benzene rings is 2. The fourth-order valence-electron chi connectivity index (χ4n) is 3.99. The number of allylic oxidation sites excluding steroid dienone is 2. The predicted molar refractivity (Wildman–Crippen MR) is 138 cm³/mol. The van der Waals surface area contributed by atoms with E-state index in [0.717, 1.165) is 35.1 Å². The molecule has 1 saturated carbocycles. The summed E-state index contributed by atoms with van der Waals surface area (Å²) in [6.07, 6.45) is 7.70. The maximum Gasteiger partial charge on any atom is 0.247 e. The van der Waals surface area contributed by atoms with Crippen molar-refractivity contribution in [3.8, 4) is 5.75 Å². The second-order valence-corrected chi connectivity index (χ2v) is 8.67. The molecule has 1 atom stereocenters. The largest absolute Gasteiger partial charge is 0.508 e. The molecule has 35 heavy (non-hydrogen) atoms. The molecule has 0 aliphatic heterocycles. The van der Waals surface area contributed by atoms with Crippen LogP contribution in [0.2, 0.25) is 0 Å². The highest BCUT2D eigenvalue weighted by Gasteiger charge is 2.41. The van der Waals surface area contributed by atoms with E-state index in [1.165, 1.54) is 0 Å². The molecule has 1 unspecified atom stereocenters. The molecule has 1 fully saturated rings. The summed E-state index contributed by atoms with van der Waals surface area (Å²) in [6.45, 7) is 8.26. The number of hydrogen-bond acceptors (Lipinski definition) is 4. The first-order valence-corrected chi connectivity index (χ1v) is 11.9. The summed E-state index contributed by atoms with van der Waals surface area (Å²) >= 11 is 0. The lowest BCUT2D eigenvalue weighted by Gasteiger charge is -2.32. The van der Waals surface area contributed by atoms with E-state index in [-0.39, 0.29) is 30.0 Å². The summed E-state index contributed by atoms with van der Waals surface area (Å²) in [6, 6.07) is 13.8. The standard InChI is InChI=1S/C29H34N2O4/c1-4-6-21(5-2)19-30-29(34)28(24-12-7-23(8-13-24)20-35-3)31(25-14-15-25)27(33)18-11-22-9-16-26(32)17-10-22/h4-10,12-13,16-17,25,28,32H,1-2,11,14-15,18-20H2,3H3,(H,30,34)/b21-6+. The number of amides is 2. The van der Waals surface area contributed by atoms with Crippen LogP contribution >= 0.6 is 0 Å². The van der Waals surface area contributed by atoms with E-state index in [9.17, 15) is 14.7 Å². The maximum absolute atomic E-state index is 13.5. The van der Waals surface area contributed by atoms with Crippen LogP contribution in [0.15, 0.2) is 85.5 Å². The molecule has 2 amide bonds.